The Bertz CT molecular complexity index is 587. The van der Waals surface area contributed by atoms with Crippen LogP contribution >= 0.6 is 0 Å². The molecule has 0 aromatic carbocycles. The molecule has 1 heterocycles. The molecule has 0 aliphatic heterocycles. The molecule has 3 nitrogen and oxygen atoms in total. The highest BCUT2D eigenvalue weighted by Gasteiger charge is 2.51. The summed E-state index contributed by atoms with van der Waals surface area (Å²) < 4.78 is 0. The maximum Gasteiger partial charge on any atom is 0.220 e. The number of carbonyl (C=O) groups is 1. The van der Waals surface area contributed by atoms with Crippen LogP contribution in [-0.4, -0.2) is 10.9 Å². The van der Waals surface area contributed by atoms with E-state index in [9.17, 15) is 4.79 Å². The van der Waals surface area contributed by atoms with Gasteiger partial charge in [0, 0.05) is 24.9 Å². The summed E-state index contributed by atoms with van der Waals surface area (Å²) in [7, 11) is 0. The van der Waals surface area contributed by atoms with Gasteiger partial charge in [-0.15, -0.1) is 0 Å². The average Bonchev–Trinajstić information content (AvgIpc) is 2.46. The van der Waals surface area contributed by atoms with Crippen LogP contribution in [0.25, 0.3) is 0 Å². The van der Waals surface area contributed by atoms with E-state index in [0.29, 0.717) is 12.0 Å². The maximum absolute atomic E-state index is 12.5. The van der Waals surface area contributed by atoms with Crippen molar-refractivity contribution in [2.45, 2.75) is 65.3 Å². The monoisotopic (exact) mass is 312 g/mol. The molecule has 1 aromatic heterocycles. The van der Waals surface area contributed by atoms with Gasteiger partial charge >= 0.3 is 0 Å². The number of rotatable bonds is 4. The fourth-order valence-electron chi connectivity index (χ4n) is 5.91. The van der Waals surface area contributed by atoms with Gasteiger partial charge in [0.15, 0.2) is 0 Å². The molecule has 1 aromatic rings. The van der Waals surface area contributed by atoms with E-state index in [-0.39, 0.29) is 5.91 Å². The molecule has 0 unspecified atom stereocenters. The van der Waals surface area contributed by atoms with Gasteiger partial charge in [-0.1, -0.05) is 6.07 Å². The number of carbonyl (C=O) groups excluding carboxylic acids is 1. The number of amides is 1. The highest BCUT2D eigenvalue weighted by molar-refractivity contribution is 5.76. The van der Waals surface area contributed by atoms with Gasteiger partial charge in [-0.3, -0.25) is 9.78 Å². The predicted molar refractivity (Wildman–Crippen MR) is 90.8 cm³/mol. The van der Waals surface area contributed by atoms with Crippen molar-refractivity contribution in [1.29, 1.82) is 0 Å². The second kappa shape index (κ2) is 5.61. The minimum atomic E-state index is 0.241. The normalized spacial score (nSPS) is 34.6. The lowest BCUT2D eigenvalue weighted by atomic mass is 9.49. The van der Waals surface area contributed by atoms with Crippen molar-refractivity contribution in [3.8, 4) is 0 Å². The van der Waals surface area contributed by atoms with Crippen LogP contribution in [0, 0.1) is 37.0 Å². The van der Waals surface area contributed by atoms with Crippen LogP contribution in [0.3, 0.4) is 0 Å². The first-order valence-corrected chi connectivity index (χ1v) is 9.20. The summed E-state index contributed by atoms with van der Waals surface area (Å²) in [6, 6.07) is 2.13. The van der Waals surface area contributed by atoms with Gasteiger partial charge in [0.25, 0.3) is 0 Å². The van der Waals surface area contributed by atoms with Crippen molar-refractivity contribution >= 4 is 5.91 Å². The molecule has 1 amide bonds. The Balaban J connectivity index is 1.36. The zero-order valence-electron chi connectivity index (χ0n) is 14.4. The molecule has 0 saturated heterocycles. The second-order valence-corrected chi connectivity index (χ2v) is 8.62. The summed E-state index contributed by atoms with van der Waals surface area (Å²) >= 11 is 0. The van der Waals surface area contributed by atoms with Crippen LogP contribution < -0.4 is 5.32 Å². The quantitative estimate of drug-likeness (QED) is 0.915. The Morgan fingerprint density at radius 2 is 1.78 bits per heavy atom. The van der Waals surface area contributed by atoms with Gasteiger partial charge in [0.2, 0.25) is 5.91 Å². The van der Waals surface area contributed by atoms with Gasteiger partial charge in [0.1, 0.15) is 0 Å². The van der Waals surface area contributed by atoms with Crippen LogP contribution in [0.15, 0.2) is 12.3 Å². The predicted octanol–water partition coefficient (Wildman–Crippen LogP) is 3.92. The lowest BCUT2D eigenvalue weighted by Crippen LogP contribution is -2.47. The molecule has 1 N–H and O–H groups in total. The summed E-state index contributed by atoms with van der Waals surface area (Å²) in [5.74, 6) is 2.99. The summed E-state index contributed by atoms with van der Waals surface area (Å²) in [5, 5.41) is 3.14. The standard InChI is InChI=1S/C20H28N2O/c1-13-3-18(11-21-14(13)2)12-22-19(23)10-20-7-15-4-16(8-20)6-17(5-15)9-20/h3,11,15-17H,4-10,12H2,1-2H3,(H,22,23). The molecule has 124 valence electrons. The van der Waals surface area contributed by atoms with E-state index in [2.05, 4.69) is 23.3 Å². The van der Waals surface area contributed by atoms with Gasteiger partial charge < -0.3 is 5.32 Å². The maximum atomic E-state index is 12.5. The Kier molecular flexibility index (Phi) is 3.70. The van der Waals surface area contributed by atoms with E-state index in [1.807, 2.05) is 13.1 Å². The highest BCUT2D eigenvalue weighted by atomic mass is 16.1. The lowest BCUT2D eigenvalue weighted by molar-refractivity contribution is -0.129. The minimum absolute atomic E-state index is 0.241. The molecule has 0 atom stereocenters. The third kappa shape index (κ3) is 3.02. The van der Waals surface area contributed by atoms with Crippen LogP contribution in [0.2, 0.25) is 0 Å². The Hall–Kier alpha value is -1.38. The molecule has 0 radical (unpaired) electrons. The van der Waals surface area contributed by atoms with Crippen LogP contribution in [0.5, 0.6) is 0 Å². The van der Waals surface area contributed by atoms with Crippen molar-refractivity contribution in [1.82, 2.24) is 10.3 Å². The van der Waals surface area contributed by atoms with E-state index >= 15 is 0 Å². The molecule has 4 bridgehead atoms. The fourth-order valence-corrected chi connectivity index (χ4v) is 5.91. The van der Waals surface area contributed by atoms with Crippen LogP contribution in [0.1, 0.15) is 61.8 Å². The van der Waals surface area contributed by atoms with Crippen LogP contribution in [-0.2, 0) is 11.3 Å². The molecule has 0 spiro atoms. The minimum Gasteiger partial charge on any atom is -0.352 e. The van der Waals surface area contributed by atoms with Crippen molar-refractivity contribution in [2.75, 3.05) is 0 Å². The Labute approximate surface area is 139 Å². The Morgan fingerprint density at radius 3 is 2.35 bits per heavy atom. The topological polar surface area (TPSA) is 42.0 Å². The zero-order chi connectivity index (χ0) is 16.0. The summed E-state index contributed by atoms with van der Waals surface area (Å²) in [6.45, 7) is 4.70. The third-order valence-corrected chi connectivity index (χ3v) is 6.59. The van der Waals surface area contributed by atoms with E-state index in [4.69, 9.17) is 0 Å². The molecule has 5 rings (SSSR count). The SMILES string of the molecule is Cc1cc(CNC(=O)CC23CC4CC(CC(C4)C2)C3)cnc1C. The molecular weight excluding hydrogens is 284 g/mol. The smallest absolute Gasteiger partial charge is 0.220 e. The number of hydrogen-bond donors (Lipinski definition) is 1. The number of hydrogen-bond acceptors (Lipinski definition) is 2. The number of aromatic nitrogens is 1. The first kappa shape index (κ1) is 15.2. The second-order valence-electron chi connectivity index (χ2n) is 8.62. The molecule has 23 heavy (non-hydrogen) atoms. The fraction of sp³-hybridized carbons (Fsp3) is 0.700. The highest BCUT2D eigenvalue weighted by Crippen LogP contribution is 2.61. The van der Waals surface area contributed by atoms with Gasteiger partial charge in [0.05, 0.1) is 0 Å². The van der Waals surface area contributed by atoms with E-state index in [0.717, 1.165) is 35.4 Å². The van der Waals surface area contributed by atoms with E-state index in [1.165, 1.54) is 44.1 Å². The number of aryl methyl sites for hydroxylation is 2. The first-order valence-electron chi connectivity index (χ1n) is 9.20. The van der Waals surface area contributed by atoms with E-state index in [1.54, 1.807) is 0 Å². The molecule has 4 aliphatic rings. The van der Waals surface area contributed by atoms with Gasteiger partial charge in [-0.25, -0.2) is 0 Å². The van der Waals surface area contributed by atoms with Crippen molar-refractivity contribution in [2.24, 2.45) is 23.2 Å². The molecular formula is C20H28N2O. The largest absolute Gasteiger partial charge is 0.352 e. The van der Waals surface area contributed by atoms with Crippen molar-refractivity contribution < 1.29 is 4.79 Å². The summed E-state index contributed by atoms with van der Waals surface area (Å²) in [4.78, 5) is 16.9. The van der Waals surface area contributed by atoms with Gasteiger partial charge in [-0.2, -0.15) is 0 Å². The Morgan fingerprint density at radius 1 is 1.17 bits per heavy atom. The van der Waals surface area contributed by atoms with E-state index < -0.39 is 0 Å². The molecule has 4 aliphatic carbocycles. The molecule has 4 fully saturated rings. The van der Waals surface area contributed by atoms with Crippen molar-refractivity contribution in [3.63, 3.8) is 0 Å². The summed E-state index contributed by atoms with van der Waals surface area (Å²) in [6.07, 6.45) is 10.9. The lowest BCUT2D eigenvalue weighted by Gasteiger charge is -2.56. The number of nitrogens with zero attached hydrogens (tertiary/aromatic N) is 1. The molecule has 4 saturated carbocycles. The first-order chi connectivity index (χ1) is 11.0. The summed E-state index contributed by atoms with van der Waals surface area (Å²) in [5.41, 5.74) is 3.69. The average molecular weight is 312 g/mol. The van der Waals surface area contributed by atoms with Crippen molar-refractivity contribution in [3.05, 3.63) is 29.1 Å². The molecule has 3 heteroatoms. The zero-order valence-corrected chi connectivity index (χ0v) is 14.4. The van der Waals surface area contributed by atoms with Gasteiger partial charge in [-0.05, 0) is 86.7 Å². The number of nitrogens with one attached hydrogen (secondary N) is 1. The third-order valence-electron chi connectivity index (χ3n) is 6.59. The van der Waals surface area contributed by atoms with Crippen LogP contribution in [0.4, 0.5) is 0 Å². The number of pyridine rings is 1.